The number of piperidine rings is 1. The Morgan fingerprint density at radius 2 is 1.95 bits per heavy atom. The monoisotopic (exact) mass is 288 g/mol. The third-order valence-electron chi connectivity index (χ3n) is 5.00. The summed E-state index contributed by atoms with van der Waals surface area (Å²) in [5.41, 5.74) is 1.45. The molecule has 1 atom stereocenters. The average molecular weight is 288 g/mol. The third-order valence-corrected chi connectivity index (χ3v) is 5.00. The minimum Gasteiger partial charge on any atom is -0.354 e. The van der Waals surface area contributed by atoms with Gasteiger partial charge < -0.3 is 9.80 Å². The number of likely N-dealkylation sites (N-methyl/N-ethyl adjacent to an activating group) is 1. The summed E-state index contributed by atoms with van der Waals surface area (Å²) in [5.74, 6) is 1.23. The molecule has 21 heavy (non-hydrogen) atoms. The SMILES string of the molecule is CCN1CCCC[C@H]1c1cccnc1N1CCN(C)CC1. The van der Waals surface area contributed by atoms with Gasteiger partial charge in [-0.05, 0) is 39.0 Å². The molecular formula is C17H28N4. The van der Waals surface area contributed by atoms with Crippen molar-refractivity contribution in [1.29, 1.82) is 0 Å². The van der Waals surface area contributed by atoms with Gasteiger partial charge in [0, 0.05) is 44.0 Å². The van der Waals surface area contributed by atoms with Crippen LogP contribution in [0.4, 0.5) is 5.82 Å². The molecule has 0 unspecified atom stereocenters. The number of piperazine rings is 1. The van der Waals surface area contributed by atoms with Crippen LogP contribution in [0.1, 0.15) is 37.8 Å². The lowest BCUT2D eigenvalue weighted by molar-refractivity contribution is 0.157. The Balaban J connectivity index is 1.85. The van der Waals surface area contributed by atoms with E-state index in [1.807, 2.05) is 6.20 Å². The largest absolute Gasteiger partial charge is 0.354 e. The molecule has 0 N–H and O–H groups in total. The summed E-state index contributed by atoms with van der Waals surface area (Å²) in [6.07, 6.45) is 5.92. The first kappa shape index (κ1) is 14.8. The first-order valence-electron chi connectivity index (χ1n) is 8.42. The first-order chi connectivity index (χ1) is 10.3. The number of hydrogen-bond acceptors (Lipinski definition) is 4. The van der Waals surface area contributed by atoms with E-state index >= 15 is 0 Å². The highest BCUT2D eigenvalue weighted by molar-refractivity contribution is 5.49. The summed E-state index contributed by atoms with van der Waals surface area (Å²) in [7, 11) is 2.20. The fourth-order valence-corrected chi connectivity index (χ4v) is 3.67. The van der Waals surface area contributed by atoms with Gasteiger partial charge in [0.2, 0.25) is 0 Å². The van der Waals surface area contributed by atoms with E-state index in [9.17, 15) is 0 Å². The lowest BCUT2D eigenvalue weighted by Gasteiger charge is -2.39. The van der Waals surface area contributed by atoms with Crippen LogP contribution in [0, 0.1) is 0 Å². The lowest BCUT2D eigenvalue weighted by atomic mass is 9.95. The molecule has 3 rings (SSSR count). The van der Waals surface area contributed by atoms with Crippen molar-refractivity contribution in [3.63, 3.8) is 0 Å². The maximum atomic E-state index is 4.75. The number of aromatic nitrogens is 1. The zero-order chi connectivity index (χ0) is 14.7. The number of hydrogen-bond donors (Lipinski definition) is 0. The van der Waals surface area contributed by atoms with Crippen molar-refractivity contribution in [2.75, 3.05) is 51.2 Å². The quantitative estimate of drug-likeness (QED) is 0.851. The standard InChI is InChI=1S/C17H28N4/c1-3-20-10-5-4-8-16(20)15-7-6-9-18-17(15)21-13-11-19(2)12-14-21/h6-7,9,16H,3-5,8,10-14H2,1-2H3/t16-/m0/s1. The van der Waals surface area contributed by atoms with Gasteiger partial charge in [0.1, 0.15) is 5.82 Å². The first-order valence-corrected chi connectivity index (χ1v) is 8.42. The number of anilines is 1. The molecule has 0 aromatic carbocycles. The van der Waals surface area contributed by atoms with Crippen LogP contribution in [0.3, 0.4) is 0 Å². The Hall–Kier alpha value is -1.13. The Morgan fingerprint density at radius 1 is 1.14 bits per heavy atom. The van der Waals surface area contributed by atoms with Crippen LogP contribution in [-0.4, -0.2) is 61.1 Å². The van der Waals surface area contributed by atoms with Crippen LogP contribution >= 0.6 is 0 Å². The van der Waals surface area contributed by atoms with E-state index in [4.69, 9.17) is 4.98 Å². The molecule has 2 aliphatic heterocycles. The van der Waals surface area contributed by atoms with Crippen LogP contribution < -0.4 is 4.90 Å². The van der Waals surface area contributed by atoms with Crippen molar-refractivity contribution < 1.29 is 0 Å². The van der Waals surface area contributed by atoms with Crippen LogP contribution in [0.25, 0.3) is 0 Å². The Kier molecular flexibility index (Phi) is 4.76. The van der Waals surface area contributed by atoms with Gasteiger partial charge in [-0.25, -0.2) is 4.98 Å². The fraction of sp³-hybridized carbons (Fsp3) is 0.706. The van der Waals surface area contributed by atoms with Crippen molar-refractivity contribution in [2.45, 2.75) is 32.2 Å². The van der Waals surface area contributed by atoms with Gasteiger partial charge in [-0.15, -0.1) is 0 Å². The molecule has 116 valence electrons. The molecule has 0 amide bonds. The molecule has 0 aliphatic carbocycles. The van der Waals surface area contributed by atoms with Gasteiger partial charge in [0.25, 0.3) is 0 Å². The summed E-state index contributed by atoms with van der Waals surface area (Å²) >= 11 is 0. The van der Waals surface area contributed by atoms with Gasteiger partial charge >= 0.3 is 0 Å². The zero-order valence-corrected chi connectivity index (χ0v) is 13.5. The minimum absolute atomic E-state index is 0.562. The maximum absolute atomic E-state index is 4.75. The van der Waals surface area contributed by atoms with Gasteiger partial charge in [0.05, 0.1) is 0 Å². The van der Waals surface area contributed by atoms with Crippen LogP contribution in [0.15, 0.2) is 18.3 Å². The molecule has 0 spiro atoms. The second kappa shape index (κ2) is 6.75. The Labute approximate surface area is 128 Å². The van der Waals surface area contributed by atoms with Crippen molar-refractivity contribution in [2.24, 2.45) is 0 Å². The van der Waals surface area contributed by atoms with Crippen LogP contribution in [-0.2, 0) is 0 Å². The molecule has 3 heterocycles. The molecule has 2 saturated heterocycles. The third kappa shape index (κ3) is 3.22. The molecule has 2 aliphatic rings. The number of pyridine rings is 1. The van der Waals surface area contributed by atoms with E-state index in [0.29, 0.717) is 6.04 Å². The number of rotatable bonds is 3. The molecule has 1 aromatic heterocycles. The zero-order valence-electron chi connectivity index (χ0n) is 13.5. The van der Waals surface area contributed by atoms with E-state index < -0.39 is 0 Å². The lowest BCUT2D eigenvalue weighted by Crippen LogP contribution is -2.45. The highest BCUT2D eigenvalue weighted by atomic mass is 15.3. The summed E-state index contributed by atoms with van der Waals surface area (Å²) in [5, 5.41) is 0. The highest BCUT2D eigenvalue weighted by Gasteiger charge is 2.27. The Morgan fingerprint density at radius 3 is 2.71 bits per heavy atom. The van der Waals surface area contributed by atoms with Gasteiger partial charge in [-0.3, -0.25) is 4.90 Å². The maximum Gasteiger partial charge on any atom is 0.133 e. The summed E-state index contributed by atoms with van der Waals surface area (Å²) in [4.78, 5) is 12.3. The molecule has 0 bridgehead atoms. The summed E-state index contributed by atoms with van der Waals surface area (Å²) in [6, 6.07) is 4.98. The highest BCUT2D eigenvalue weighted by Crippen LogP contribution is 2.35. The predicted molar refractivity (Wildman–Crippen MR) is 87.8 cm³/mol. The van der Waals surface area contributed by atoms with Gasteiger partial charge in [0.15, 0.2) is 0 Å². The van der Waals surface area contributed by atoms with Crippen LogP contribution in [0.2, 0.25) is 0 Å². The Bertz CT molecular complexity index is 454. The average Bonchev–Trinajstić information content (AvgIpc) is 2.55. The molecule has 4 nitrogen and oxygen atoms in total. The topological polar surface area (TPSA) is 22.6 Å². The van der Waals surface area contributed by atoms with Crippen molar-refractivity contribution in [3.8, 4) is 0 Å². The molecular weight excluding hydrogens is 260 g/mol. The van der Waals surface area contributed by atoms with E-state index in [1.165, 1.54) is 37.2 Å². The van der Waals surface area contributed by atoms with Crippen molar-refractivity contribution in [3.05, 3.63) is 23.9 Å². The second-order valence-electron chi connectivity index (χ2n) is 6.35. The molecule has 0 saturated carbocycles. The van der Waals surface area contributed by atoms with E-state index in [-0.39, 0.29) is 0 Å². The molecule has 0 radical (unpaired) electrons. The number of nitrogens with zero attached hydrogens (tertiary/aromatic N) is 4. The molecule has 1 aromatic rings. The smallest absolute Gasteiger partial charge is 0.133 e. The van der Waals surface area contributed by atoms with Crippen molar-refractivity contribution >= 4 is 5.82 Å². The van der Waals surface area contributed by atoms with Gasteiger partial charge in [-0.2, -0.15) is 0 Å². The van der Waals surface area contributed by atoms with E-state index in [2.05, 4.69) is 40.8 Å². The predicted octanol–water partition coefficient (Wildman–Crippen LogP) is 2.38. The summed E-state index contributed by atoms with van der Waals surface area (Å²) < 4.78 is 0. The van der Waals surface area contributed by atoms with E-state index in [1.54, 1.807) is 0 Å². The number of likely N-dealkylation sites (tertiary alicyclic amines) is 1. The molecule has 4 heteroatoms. The fourth-order valence-electron chi connectivity index (χ4n) is 3.67. The van der Waals surface area contributed by atoms with Crippen LogP contribution in [0.5, 0.6) is 0 Å². The van der Waals surface area contributed by atoms with E-state index in [0.717, 1.165) is 32.7 Å². The normalized spacial score (nSPS) is 25.2. The summed E-state index contributed by atoms with van der Waals surface area (Å²) in [6.45, 7) is 9.12. The van der Waals surface area contributed by atoms with Gasteiger partial charge in [-0.1, -0.05) is 19.4 Å². The van der Waals surface area contributed by atoms with Crippen molar-refractivity contribution in [1.82, 2.24) is 14.8 Å². The minimum atomic E-state index is 0.562. The molecule has 2 fully saturated rings. The second-order valence-corrected chi connectivity index (χ2v) is 6.35.